The first-order valence-corrected chi connectivity index (χ1v) is 9.57. The lowest BCUT2D eigenvalue weighted by Crippen LogP contribution is -2.42. The third-order valence-electron chi connectivity index (χ3n) is 5.66. The van der Waals surface area contributed by atoms with Crippen molar-refractivity contribution in [2.24, 2.45) is 5.92 Å². The van der Waals surface area contributed by atoms with E-state index in [9.17, 15) is 4.79 Å². The Morgan fingerprint density at radius 1 is 1.25 bits per heavy atom. The number of anilines is 1. The number of fused-ring (bicyclic) bond motifs is 1. The maximum Gasteiger partial charge on any atom is 0.256 e. The zero-order valence-corrected chi connectivity index (χ0v) is 14.4. The van der Waals surface area contributed by atoms with E-state index >= 15 is 0 Å². The summed E-state index contributed by atoms with van der Waals surface area (Å²) in [6.45, 7) is 3.87. The molecule has 4 rings (SSSR count). The number of carbonyl (C=O) groups excluding carboxylic acids is 1. The van der Waals surface area contributed by atoms with Gasteiger partial charge in [0, 0.05) is 18.8 Å². The molecule has 0 aliphatic carbocycles. The van der Waals surface area contributed by atoms with Gasteiger partial charge in [0.05, 0.1) is 0 Å². The molecule has 24 heavy (non-hydrogen) atoms. The van der Waals surface area contributed by atoms with E-state index < -0.39 is 0 Å². The summed E-state index contributed by atoms with van der Waals surface area (Å²) in [7, 11) is 0. The average Bonchev–Trinajstić information content (AvgIpc) is 3.16. The van der Waals surface area contributed by atoms with Gasteiger partial charge in [0.15, 0.2) is 0 Å². The van der Waals surface area contributed by atoms with Gasteiger partial charge < -0.3 is 15.0 Å². The van der Waals surface area contributed by atoms with Gasteiger partial charge in [-0.1, -0.05) is 12.1 Å². The number of benzene rings is 1. The highest BCUT2D eigenvalue weighted by atomic mass is 16.5. The van der Waals surface area contributed by atoms with Crippen LogP contribution in [-0.2, 0) is 22.4 Å². The van der Waals surface area contributed by atoms with Crippen molar-refractivity contribution in [3.05, 3.63) is 29.3 Å². The van der Waals surface area contributed by atoms with E-state index in [1.165, 1.54) is 30.5 Å². The third-order valence-corrected chi connectivity index (χ3v) is 5.66. The Morgan fingerprint density at radius 2 is 2.21 bits per heavy atom. The average molecular weight is 328 g/mol. The van der Waals surface area contributed by atoms with E-state index in [1.54, 1.807) is 0 Å². The molecule has 0 bridgehead atoms. The van der Waals surface area contributed by atoms with Gasteiger partial charge in [-0.05, 0) is 81.1 Å². The fourth-order valence-corrected chi connectivity index (χ4v) is 4.38. The minimum Gasteiger partial charge on any atom is -0.368 e. The van der Waals surface area contributed by atoms with Crippen molar-refractivity contribution in [2.45, 2.75) is 51.0 Å². The molecule has 3 heterocycles. The van der Waals surface area contributed by atoms with Crippen molar-refractivity contribution >= 4 is 11.6 Å². The van der Waals surface area contributed by atoms with E-state index in [1.807, 2.05) is 4.90 Å². The summed E-state index contributed by atoms with van der Waals surface area (Å²) in [6, 6.07) is 6.75. The number of amides is 1. The zero-order chi connectivity index (χ0) is 16.4. The van der Waals surface area contributed by atoms with E-state index in [-0.39, 0.29) is 12.0 Å². The summed E-state index contributed by atoms with van der Waals surface area (Å²) >= 11 is 0. The predicted molar refractivity (Wildman–Crippen MR) is 95.4 cm³/mol. The van der Waals surface area contributed by atoms with Gasteiger partial charge in [-0.2, -0.15) is 0 Å². The molecule has 2 unspecified atom stereocenters. The summed E-state index contributed by atoms with van der Waals surface area (Å²) in [6.07, 6.45) is 7.57. The van der Waals surface area contributed by atoms with Crippen LogP contribution in [0.25, 0.3) is 0 Å². The Kier molecular flexibility index (Phi) is 4.86. The van der Waals surface area contributed by atoms with Crippen molar-refractivity contribution < 1.29 is 9.53 Å². The van der Waals surface area contributed by atoms with Gasteiger partial charge in [-0.15, -0.1) is 0 Å². The van der Waals surface area contributed by atoms with Crippen molar-refractivity contribution in [1.29, 1.82) is 0 Å². The molecule has 0 spiro atoms. The van der Waals surface area contributed by atoms with E-state index in [4.69, 9.17) is 4.74 Å². The number of piperidine rings is 1. The molecule has 2 fully saturated rings. The number of carbonyl (C=O) groups is 1. The maximum atomic E-state index is 12.8. The molecule has 1 N–H and O–H groups in total. The number of nitrogens with zero attached hydrogens (tertiary/aromatic N) is 1. The second kappa shape index (κ2) is 7.24. The lowest BCUT2D eigenvalue weighted by molar-refractivity contribution is -0.127. The molecule has 1 aromatic rings. The van der Waals surface area contributed by atoms with Crippen LogP contribution in [0.1, 0.15) is 43.2 Å². The Balaban J connectivity index is 1.49. The van der Waals surface area contributed by atoms with Crippen LogP contribution in [-0.4, -0.2) is 38.3 Å². The van der Waals surface area contributed by atoms with E-state index in [0.717, 1.165) is 63.4 Å². The first kappa shape index (κ1) is 16.1. The summed E-state index contributed by atoms with van der Waals surface area (Å²) in [5, 5.41) is 3.50. The molecule has 0 radical (unpaired) electrons. The van der Waals surface area contributed by atoms with Crippen LogP contribution in [0.2, 0.25) is 0 Å². The first-order chi connectivity index (χ1) is 11.8. The highest BCUT2D eigenvalue weighted by Crippen LogP contribution is 2.31. The molecule has 4 heteroatoms. The number of rotatable bonds is 3. The van der Waals surface area contributed by atoms with Gasteiger partial charge in [0.2, 0.25) is 0 Å². The van der Waals surface area contributed by atoms with Crippen molar-refractivity contribution in [2.75, 3.05) is 31.1 Å². The van der Waals surface area contributed by atoms with Gasteiger partial charge in [-0.3, -0.25) is 4.79 Å². The monoisotopic (exact) mass is 328 g/mol. The van der Waals surface area contributed by atoms with Crippen LogP contribution in [0.3, 0.4) is 0 Å². The number of nitrogens with one attached hydrogen (secondary N) is 1. The summed E-state index contributed by atoms with van der Waals surface area (Å²) < 4.78 is 5.61. The summed E-state index contributed by atoms with van der Waals surface area (Å²) in [4.78, 5) is 14.7. The van der Waals surface area contributed by atoms with Crippen LogP contribution in [0.4, 0.5) is 5.69 Å². The third kappa shape index (κ3) is 3.35. The normalized spacial score (nSPS) is 27.1. The molecule has 3 aliphatic rings. The standard InChI is InChI=1S/C20H28N2O2/c23-20(19-6-3-11-24-19)22-10-2-5-17-13-15(7-8-18(17)22)12-16-4-1-9-21-14-16/h7-8,13,16,19,21H,1-6,9-12,14H2. The van der Waals surface area contributed by atoms with Crippen LogP contribution < -0.4 is 10.2 Å². The van der Waals surface area contributed by atoms with Crippen LogP contribution >= 0.6 is 0 Å². The summed E-state index contributed by atoms with van der Waals surface area (Å²) in [5.41, 5.74) is 3.88. The van der Waals surface area contributed by atoms with Crippen LogP contribution in [0.15, 0.2) is 18.2 Å². The Hall–Kier alpha value is -1.39. The predicted octanol–water partition coefficient (Wildman–Crippen LogP) is 2.69. The fourth-order valence-electron chi connectivity index (χ4n) is 4.38. The zero-order valence-electron chi connectivity index (χ0n) is 14.4. The first-order valence-electron chi connectivity index (χ1n) is 9.57. The summed E-state index contributed by atoms with van der Waals surface area (Å²) in [5.74, 6) is 0.919. The highest BCUT2D eigenvalue weighted by molar-refractivity contribution is 5.97. The number of hydrogen-bond donors (Lipinski definition) is 1. The molecular weight excluding hydrogens is 300 g/mol. The fraction of sp³-hybridized carbons (Fsp3) is 0.650. The van der Waals surface area contributed by atoms with Gasteiger partial charge in [-0.25, -0.2) is 0 Å². The highest BCUT2D eigenvalue weighted by Gasteiger charge is 2.31. The smallest absolute Gasteiger partial charge is 0.256 e. The molecule has 2 atom stereocenters. The molecule has 4 nitrogen and oxygen atoms in total. The van der Waals surface area contributed by atoms with Crippen molar-refractivity contribution in [3.63, 3.8) is 0 Å². The molecule has 0 aromatic heterocycles. The molecule has 2 saturated heterocycles. The number of aryl methyl sites for hydroxylation is 1. The molecule has 130 valence electrons. The SMILES string of the molecule is O=C(C1CCCO1)N1CCCc2cc(CC3CCCNC3)ccc21. The lowest BCUT2D eigenvalue weighted by atomic mass is 9.90. The van der Waals surface area contributed by atoms with Crippen LogP contribution in [0, 0.1) is 5.92 Å². The minimum atomic E-state index is -0.219. The maximum absolute atomic E-state index is 12.8. The van der Waals surface area contributed by atoms with Crippen molar-refractivity contribution in [1.82, 2.24) is 5.32 Å². The Labute approximate surface area is 144 Å². The Bertz CT molecular complexity index is 589. The van der Waals surface area contributed by atoms with Gasteiger partial charge >= 0.3 is 0 Å². The van der Waals surface area contributed by atoms with Gasteiger partial charge in [0.25, 0.3) is 5.91 Å². The molecular formula is C20H28N2O2. The van der Waals surface area contributed by atoms with E-state index in [2.05, 4.69) is 23.5 Å². The second-order valence-electron chi connectivity index (χ2n) is 7.47. The number of ether oxygens (including phenoxy) is 1. The Morgan fingerprint density at radius 3 is 3.00 bits per heavy atom. The molecule has 0 saturated carbocycles. The van der Waals surface area contributed by atoms with Crippen molar-refractivity contribution in [3.8, 4) is 0 Å². The largest absolute Gasteiger partial charge is 0.368 e. The molecule has 3 aliphatic heterocycles. The topological polar surface area (TPSA) is 41.6 Å². The second-order valence-corrected chi connectivity index (χ2v) is 7.47. The quantitative estimate of drug-likeness (QED) is 0.927. The molecule has 1 aromatic carbocycles. The minimum absolute atomic E-state index is 0.165. The molecule has 1 amide bonds. The number of hydrogen-bond acceptors (Lipinski definition) is 3. The lowest BCUT2D eigenvalue weighted by Gasteiger charge is -2.32. The van der Waals surface area contributed by atoms with Crippen LogP contribution in [0.5, 0.6) is 0 Å². The van der Waals surface area contributed by atoms with Gasteiger partial charge in [0.1, 0.15) is 6.10 Å². The van der Waals surface area contributed by atoms with E-state index in [0.29, 0.717) is 0 Å².